The number of hydrogen-bond donors (Lipinski definition) is 2. The van der Waals surface area contributed by atoms with E-state index in [4.69, 9.17) is 9.84 Å². The minimum absolute atomic E-state index is 0.000816. The van der Waals surface area contributed by atoms with Gasteiger partial charge in [0.05, 0.1) is 6.33 Å². The molecule has 8 heteroatoms. The van der Waals surface area contributed by atoms with Crippen molar-refractivity contribution in [1.82, 2.24) is 9.97 Å². The summed E-state index contributed by atoms with van der Waals surface area (Å²) in [6, 6.07) is 4.68. The number of H-pyrrole nitrogens is 1. The molecule has 0 fully saturated rings. The Kier molecular flexibility index (Phi) is 4.20. The van der Waals surface area contributed by atoms with Gasteiger partial charge < -0.3 is 14.8 Å². The van der Waals surface area contributed by atoms with E-state index < -0.39 is 11.5 Å². The molecule has 0 spiro atoms. The average Bonchev–Trinajstić information content (AvgIpc) is 2.36. The predicted octanol–water partition coefficient (Wildman–Crippen LogP) is 2.63. The van der Waals surface area contributed by atoms with Crippen LogP contribution in [0.3, 0.4) is 0 Å². The van der Waals surface area contributed by atoms with Gasteiger partial charge in [-0.3, -0.25) is 4.79 Å². The molecule has 1 heterocycles. The third-order valence-electron chi connectivity index (χ3n) is 2.14. The number of halogens is 2. The van der Waals surface area contributed by atoms with Gasteiger partial charge in [0.1, 0.15) is 15.8 Å². The molecule has 6 nitrogen and oxygen atoms in total. The molecule has 0 amide bonds. The number of carboxylic acids is 1. The van der Waals surface area contributed by atoms with Crippen molar-refractivity contribution in [2.45, 2.75) is 0 Å². The molecule has 0 aliphatic rings. The average molecular weight is 437 g/mol. The van der Waals surface area contributed by atoms with E-state index in [0.29, 0.717) is 0 Å². The number of carboxylic acid groups (broad SMARTS) is 1. The first kappa shape index (κ1) is 14.0. The molecular weight excluding hydrogens is 431 g/mol. The molecule has 0 atom stereocenters. The first-order valence-electron chi connectivity index (χ1n) is 4.93. The van der Waals surface area contributed by atoms with E-state index in [0.717, 1.165) is 3.57 Å². The zero-order valence-corrected chi connectivity index (χ0v) is 12.9. The van der Waals surface area contributed by atoms with E-state index in [9.17, 15) is 9.59 Å². The van der Waals surface area contributed by atoms with E-state index in [1.54, 1.807) is 6.07 Å². The number of nitrogens with one attached hydrogen (secondary N) is 1. The maximum atomic E-state index is 11.4. The molecule has 0 saturated heterocycles. The highest BCUT2D eigenvalue weighted by atomic mass is 127. The van der Waals surface area contributed by atoms with E-state index in [1.807, 2.05) is 22.6 Å². The molecule has 19 heavy (non-hydrogen) atoms. The van der Waals surface area contributed by atoms with Gasteiger partial charge in [0.25, 0.3) is 5.56 Å². The summed E-state index contributed by atoms with van der Waals surface area (Å²) in [5, 5.41) is 9.11. The lowest BCUT2D eigenvalue weighted by atomic mass is 10.2. The molecule has 0 aliphatic heterocycles. The molecule has 0 saturated carbocycles. The molecule has 98 valence electrons. The Balaban J connectivity index is 2.46. The molecule has 0 aliphatic carbocycles. The van der Waals surface area contributed by atoms with Gasteiger partial charge in [-0.25, -0.2) is 9.78 Å². The number of nitrogens with zero attached hydrogens (tertiary/aromatic N) is 1. The molecule has 0 unspecified atom stereocenters. The Bertz CT molecular complexity index is 701. The van der Waals surface area contributed by atoms with Crippen LogP contribution in [0.2, 0.25) is 0 Å². The van der Waals surface area contributed by atoms with Crippen molar-refractivity contribution in [3.8, 4) is 11.6 Å². The number of aromatic carboxylic acids is 1. The minimum atomic E-state index is -1.12. The molecule has 0 bridgehead atoms. The number of benzene rings is 1. The van der Waals surface area contributed by atoms with Gasteiger partial charge in [-0.1, -0.05) is 0 Å². The quantitative estimate of drug-likeness (QED) is 0.721. The minimum Gasteiger partial charge on any atom is -0.478 e. The highest BCUT2D eigenvalue weighted by Crippen LogP contribution is 2.28. The zero-order valence-electron chi connectivity index (χ0n) is 9.18. The van der Waals surface area contributed by atoms with Crippen LogP contribution >= 0.6 is 38.5 Å². The van der Waals surface area contributed by atoms with Crippen LogP contribution in [0, 0.1) is 3.57 Å². The fraction of sp³-hybridized carbons (Fsp3) is 0. The Morgan fingerprint density at radius 2 is 2.21 bits per heavy atom. The number of rotatable bonds is 3. The summed E-state index contributed by atoms with van der Waals surface area (Å²) in [6.45, 7) is 0. The van der Waals surface area contributed by atoms with Crippen LogP contribution < -0.4 is 10.3 Å². The fourth-order valence-electron chi connectivity index (χ4n) is 1.30. The summed E-state index contributed by atoms with van der Waals surface area (Å²) in [5.41, 5.74) is -0.409. The standard InChI is InChI=1S/C11H6BrIN2O4/c12-8-9(16)14-4-15-10(8)19-7-2-1-5(13)3-6(7)11(17)18/h1-4H,(H,17,18)(H,14,15,16). The number of hydrogen-bond acceptors (Lipinski definition) is 4. The second-order valence-corrected chi connectivity index (χ2v) is 5.44. The van der Waals surface area contributed by atoms with Gasteiger partial charge in [0.2, 0.25) is 5.88 Å². The van der Waals surface area contributed by atoms with Gasteiger partial charge >= 0.3 is 5.97 Å². The second kappa shape index (κ2) is 5.70. The van der Waals surface area contributed by atoms with Crippen molar-refractivity contribution in [3.63, 3.8) is 0 Å². The van der Waals surface area contributed by atoms with Gasteiger partial charge in [-0.2, -0.15) is 0 Å². The first-order chi connectivity index (χ1) is 8.99. The molecule has 0 radical (unpaired) electrons. The van der Waals surface area contributed by atoms with Crippen LogP contribution in [-0.2, 0) is 0 Å². The maximum absolute atomic E-state index is 11.4. The number of aromatic amines is 1. The summed E-state index contributed by atoms with van der Waals surface area (Å²) >= 11 is 5.03. The lowest BCUT2D eigenvalue weighted by molar-refractivity contribution is 0.0694. The lowest BCUT2D eigenvalue weighted by Crippen LogP contribution is -2.09. The number of ether oxygens (including phenoxy) is 1. The number of carbonyl (C=O) groups is 1. The third kappa shape index (κ3) is 3.13. The third-order valence-corrected chi connectivity index (χ3v) is 3.51. The Labute approximate surface area is 129 Å². The molecule has 1 aromatic heterocycles. The molecule has 2 rings (SSSR count). The van der Waals surface area contributed by atoms with Crippen molar-refractivity contribution in [2.24, 2.45) is 0 Å². The lowest BCUT2D eigenvalue weighted by Gasteiger charge is -2.08. The summed E-state index contributed by atoms with van der Waals surface area (Å²) in [5.74, 6) is -0.992. The molecule has 2 N–H and O–H groups in total. The van der Waals surface area contributed by atoms with E-state index >= 15 is 0 Å². The monoisotopic (exact) mass is 436 g/mol. The van der Waals surface area contributed by atoms with Gasteiger partial charge in [-0.05, 0) is 56.7 Å². The van der Waals surface area contributed by atoms with Crippen LogP contribution in [0.25, 0.3) is 0 Å². The maximum Gasteiger partial charge on any atom is 0.339 e. The first-order valence-corrected chi connectivity index (χ1v) is 6.80. The number of aromatic nitrogens is 2. The van der Waals surface area contributed by atoms with E-state index in [2.05, 4.69) is 25.9 Å². The zero-order chi connectivity index (χ0) is 14.0. The summed E-state index contributed by atoms with van der Waals surface area (Å²) in [4.78, 5) is 28.7. The van der Waals surface area contributed by atoms with Crippen LogP contribution in [0.15, 0.2) is 33.8 Å². The highest BCUT2D eigenvalue weighted by Gasteiger charge is 2.15. The largest absolute Gasteiger partial charge is 0.478 e. The summed E-state index contributed by atoms with van der Waals surface area (Å²) < 4.78 is 6.24. The van der Waals surface area contributed by atoms with Gasteiger partial charge in [-0.15, -0.1) is 0 Å². The van der Waals surface area contributed by atoms with Crippen LogP contribution in [0.4, 0.5) is 0 Å². The van der Waals surface area contributed by atoms with Crippen molar-refractivity contribution >= 4 is 44.5 Å². The van der Waals surface area contributed by atoms with Crippen molar-refractivity contribution in [3.05, 3.63) is 48.5 Å². The van der Waals surface area contributed by atoms with Crippen LogP contribution in [0.1, 0.15) is 10.4 Å². The predicted molar refractivity (Wildman–Crippen MR) is 78.8 cm³/mol. The van der Waals surface area contributed by atoms with Crippen LogP contribution in [0.5, 0.6) is 11.6 Å². The van der Waals surface area contributed by atoms with Crippen molar-refractivity contribution < 1.29 is 14.6 Å². The Morgan fingerprint density at radius 3 is 2.89 bits per heavy atom. The molecule has 1 aromatic carbocycles. The second-order valence-electron chi connectivity index (χ2n) is 3.40. The fourth-order valence-corrected chi connectivity index (χ4v) is 2.09. The Hall–Kier alpha value is -1.42. The highest BCUT2D eigenvalue weighted by molar-refractivity contribution is 14.1. The smallest absolute Gasteiger partial charge is 0.339 e. The van der Waals surface area contributed by atoms with Gasteiger partial charge in [0.15, 0.2) is 0 Å². The normalized spacial score (nSPS) is 10.2. The Morgan fingerprint density at radius 1 is 1.47 bits per heavy atom. The van der Waals surface area contributed by atoms with Crippen molar-refractivity contribution in [2.75, 3.05) is 0 Å². The van der Waals surface area contributed by atoms with E-state index in [-0.39, 0.29) is 21.7 Å². The summed E-state index contributed by atoms with van der Waals surface area (Å²) in [6.07, 6.45) is 1.18. The molecule has 2 aromatic rings. The van der Waals surface area contributed by atoms with Gasteiger partial charge in [0, 0.05) is 3.57 Å². The van der Waals surface area contributed by atoms with E-state index in [1.165, 1.54) is 18.5 Å². The summed E-state index contributed by atoms with van der Waals surface area (Å²) in [7, 11) is 0. The SMILES string of the molecule is O=C(O)c1cc(I)ccc1Oc1nc[nH]c(=O)c1Br. The van der Waals surface area contributed by atoms with Crippen molar-refractivity contribution in [1.29, 1.82) is 0 Å². The van der Waals surface area contributed by atoms with Crippen LogP contribution in [-0.4, -0.2) is 21.0 Å². The topological polar surface area (TPSA) is 92.3 Å². The molecular formula is C11H6BrIN2O4.